The monoisotopic (exact) mass is 277 g/mol. The van der Waals surface area contributed by atoms with Crippen molar-refractivity contribution in [3.8, 4) is 0 Å². The summed E-state index contributed by atoms with van der Waals surface area (Å²) in [5, 5.41) is 0. The Morgan fingerprint density at radius 3 is 3.05 bits per heavy atom. The van der Waals surface area contributed by atoms with Gasteiger partial charge in [-0.2, -0.15) is 0 Å². The normalized spacial score (nSPS) is 10.4. The Bertz CT molecular complexity index is 569. The highest BCUT2D eigenvalue weighted by Crippen LogP contribution is 2.13. The Morgan fingerprint density at radius 1 is 1.53 bits per heavy atom. The van der Waals surface area contributed by atoms with Gasteiger partial charge in [-0.3, -0.25) is 15.1 Å². The average Bonchev–Trinajstić information content (AvgIpc) is 2.81. The molecular formula is C13H15N3O2S. The van der Waals surface area contributed by atoms with Crippen LogP contribution in [0.3, 0.4) is 0 Å². The van der Waals surface area contributed by atoms with Gasteiger partial charge in [0.05, 0.1) is 23.5 Å². The number of amides is 1. The maximum absolute atomic E-state index is 11.0. The lowest BCUT2D eigenvalue weighted by Crippen LogP contribution is -2.11. The zero-order valence-corrected chi connectivity index (χ0v) is 11.4. The Labute approximate surface area is 115 Å². The van der Waals surface area contributed by atoms with E-state index < -0.39 is 5.91 Å². The lowest BCUT2D eigenvalue weighted by atomic mass is 10.2. The molecule has 0 aliphatic heterocycles. The molecule has 2 rings (SSSR count). The van der Waals surface area contributed by atoms with E-state index in [2.05, 4.69) is 10.5 Å². The Hall–Kier alpha value is -1.92. The molecule has 3 N–H and O–H groups in total. The molecular weight excluding hydrogens is 262 g/mol. The molecule has 0 unspecified atom stereocenters. The van der Waals surface area contributed by atoms with Gasteiger partial charge in [0.15, 0.2) is 0 Å². The predicted octanol–water partition coefficient (Wildman–Crippen LogP) is 2.14. The first kappa shape index (κ1) is 13.5. The van der Waals surface area contributed by atoms with Crippen molar-refractivity contribution in [3.63, 3.8) is 0 Å². The number of thiazole rings is 1. The van der Waals surface area contributed by atoms with E-state index in [4.69, 9.17) is 10.6 Å². The first-order valence-corrected chi connectivity index (χ1v) is 6.71. The minimum atomic E-state index is -0.455. The number of nitrogens with zero attached hydrogens (tertiary/aromatic N) is 1. The van der Waals surface area contributed by atoms with Crippen LogP contribution in [0.1, 0.15) is 20.9 Å². The summed E-state index contributed by atoms with van der Waals surface area (Å²) < 4.78 is 0. The number of primary amides is 1. The maximum atomic E-state index is 11.0. The second-order valence-corrected chi connectivity index (χ2v) is 4.95. The van der Waals surface area contributed by atoms with E-state index in [1.807, 2.05) is 18.5 Å². The fourth-order valence-electron chi connectivity index (χ4n) is 1.58. The zero-order valence-electron chi connectivity index (χ0n) is 10.6. The summed E-state index contributed by atoms with van der Waals surface area (Å²) in [6.45, 7) is 2.51. The van der Waals surface area contributed by atoms with Crippen LogP contribution in [0.25, 0.3) is 0 Å². The number of nitrogens with one attached hydrogen (secondary N) is 1. The van der Waals surface area contributed by atoms with Crippen LogP contribution < -0.4 is 11.2 Å². The number of anilines is 1. The first-order chi connectivity index (χ1) is 9.16. The van der Waals surface area contributed by atoms with Gasteiger partial charge in [0.1, 0.15) is 0 Å². The van der Waals surface area contributed by atoms with Crippen molar-refractivity contribution < 1.29 is 9.63 Å². The smallest absolute Gasteiger partial charge is 0.248 e. The minimum Gasteiger partial charge on any atom is -0.366 e. The first-order valence-electron chi connectivity index (χ1n) is 5.83. The van der Waals surface area contributed by atoms with E-state index in [1.54, 1.807) is 29.5 Å². The molecule has 0 atom stereocenters. The molecule has 0 fully saturated rings. The lowest BCUT2D eigenvalue weighted by molar-refractivity contribution is 0.100. The van der Waals surface area contributed by atoms with E-state index in [-0.39, 0.29) is 0 Å². The van der Waals surface area contributed by atoms with Crippen molar-refractivity contribution in [1.29, 1.82) is 0 Å². The number of carbonyl (C=O) groups excluding carboxylic acids is 1. The van der Waals surface area contributed by atoms with E-state index in [0.29, 0.717) is 17.9 Å². The third-order valence-electron chi connectivity index (χ3n) is 2.61. The van der Waals surface area contributed by atoms with Gasteiger partial charge in [-0.05, 0) is 25.1 Å². The van der Waals surface area contributed by atoms with Crippen molar-refractivity contribution in [3.05, 3.63) is 45.9 Å². The fraction of sp³-hybridized carbons (Fsp3) is 0.231. The number of carbonyl (C=O) groups is 1. The second kappa shape index (κ2) is 6.31. The number of rotatable bonds is 6. The van der Waals surface area contributed by atoms with Gasteiger partial charge >= 0.3 is 0 Å². The molecule has 0 aliphatic rings. The summed E-state index contributed by atoms with van der Waals surface area (Å²) in [5.74, 6) is -0.455. The number of benzene rings is 1. The molecule has 0 spiro atoms. The number of nitrogens with two attached hydrogens (primary N) is 1. The third-order valence-corrected chi connectivity index (χ3v) is 3.61. The summed E-state index contributed by atoms with van der Waals surface area (Å²) in [6.07, 6.45) is 0.805. The fourth-order valence-corrected chi connectivity index (χ4v) is 2.34. The van der Waals surface area contributed by atoms with Crippen LogP contribution in [0, 0.1) is 6.92 Å². The van der Waals surface area contributed by atoms with Crippen LogP contribution in [-0.2, 0) is 11.3 Å². The van der Waals surface area contributed by atoms with Crippen molar-refractivity contribution in [2.45, 2.75) is 13.3 Å². The van der Waals surface area contributed by atoms with Crippen molar-refractivity contribution in [1.82, 2.24) is 4.98 Å². The van der Waals surface area contributed by atoms with Crippen LogP contribution in [0.15, 0.2) is 29.8 Å². The van der Waals surface area contributed by atoms with Gasteiger partial charge in [-0.25, -0.2) is 4.98 Å². The van der Waals surface area contributed by atoms with Crippen LogP contribution in [0.4, 0.5) is 5.69 Å². The van der Waals surface area contributed by atoms with E-state index in [0.717, 1.165) is 12.1 Å². The average molecular weight is 277 g/mol. The largest absolute Gasteiger partial charge is 0.366 e. The summed E-state index contributed by atoms with van der Waals surface area (Å²) in [5.41, 5.74) is 12.0. The van der Waals surface area contributed by atoms with E-state index in [9.17, 15) is 4.79 Å². The van der Waals surface area contributed by atoms with Gasteiger partial charge in [0, 0.05) is 16.9 Å². The maximum Gasteiger partial charge on any atom is 0.248 e. The Balaban J connectivity index is 1.81. The summed E-state index contributed by atoms with van der Waals surface area (Å²) in [4.78, 5) is 21.8. The highest BCUT2D eigenvalue weighted by atomic mass is 32.1. The van der Waals surface area contributed by atoms with E-state index >= 15 is 0 Å². The minimum absolute atomic E-state index is 0.451. The van der Waals surface area contributed by atoms with Gasteiger partial charge in [0.25, 0.3) is 0 Å². The van der Waals surface area contributed by atoms with Crippen LogP contribution >= 0.6 is 11.3 Å². The van der Waals surface area contributed by atoms with Gasteiger partial charge in [0.2, 0.25) is 5.91 Å². The molecule has 5 nitrogen and oxygen atoms in total. The quantitative estimate of drug-likeness (QED) is 0.626. The molecule has 0 saturated carbocycles. The Morgan fingerprint density at radius 2 is 2.37 bits per heavy atom. The number of aryl methyl sites for hydroxylation is 1. The summed E-state index contributed by atoms with van der Waals surface area (Å²) >= 11 is 1.62. The number of hydrogen-bond donors (Lipinski definition) is 2. The van der Waals surface area contributed by atoms with Crippen LogP contribution in [0.5, 0.6) is 0 Å². The van der Waals surface area contributed by atoms with Crippen LogP contribution in [-0.4, -0.2) is 17.5 Å². The van der Waals surface area contributed by atoms with Gasteiger partial charge in [-0.1, -0.05) is 6.07 Å². The van der Waals surface area contributed by atoms with Crippen molar-refractivity contribution in [2.75, 3.05) is 12.1 Å². The molecule has 0 aliphatic carbocycles. The second-order valence-electron chi connectivity index (χ2n) is 4.01. The molecule has 0 radical (unpaired) electrons. The highest BCUT2D eigenvalue weighted by molar-refractivity contribution is 7.09. The molecule has 1 aromatic heterocycles. The topological polar surface area (TPSA) is 77.2 Å². The molecule has 6 heteroatoms. The number of hydrogen-bond acceptors (Lipinski definition) is 5. The summed E-state index contributed by atoms with van der Waals surface area (Å²) in [6, 6.07) is 6.87. The molecule has 0 saturated heterocycles. The SMILES string of the molecule is Cc1ncsc1CCONc1cccc(C(N)=O)c1. The third kappa shape index (κ3) is 3.77. The molecule has 1 aromatic carbocycles. The molecule has 1 heterocycles. The number of aromatic nitrogens is 1. The Kier molecular flexibility index (Phi) is 4.48. The molecule has 19 heavy (non-hydrogen) atoms. The van der Waals surface area contributed by atoms with Crippen molar-refractivity contribution in [2.24, 2.45) is 5.73 Å². The predicted molar refractivity (Wildman–Crippen MR) is 75.1 cm³/mol. The summed E-state index contributed by atoms with van der Waals surface area (Å²) in [7, 11) is 0. The molecule has 0 bridgehead atoms. The van der Waals surface area contributed by atoms with Gasteiger partial charge in [-0.15, -0.1) is 11.3 Å². The van der Waals surface area contributed by atoms with E-state index in [1.165, 1.54) is 4.88 Å². The van der Waals surface area contributed by atoms with Crippen LogP contribution in [0.2, 0.25) is 0 Å². The lowest BCUT2D eigenvalue weighted by Gasteiger charge is -2.07. The molecule has 1 amide bonds. The standard InChI is InChI=1S/C13H15N3O2S/c1-9-12(19-8-15-9)5-6-18-16-11-4-2-3-10(7-11)13(14)17/h2-4,7-8,16H,5-6H2,1H3,(H2,14,17). The van der Waals surface area contributed by atoms with Crippen molar-refractivity contribution >= 4 is 22.9 Å². The molecule has 2 aromatic rings. The van der Waals surface area contributed by atoms with Gasteiger partial charge < -0.3 is 5.73 Å². The molecule has 100 valence electrons. The highest BCUT2D eigenvalue weighted by Gasteiger charge is 2.03. The zero-order chi connectivity index (χ0) is 13.7.